The Balaban J connectivity index is 0.990. The standard InChI is InChI=1S/C52H31N3S/c1-2-12-33(13-3-1)49-53-50(34-24-22-32(23-25-34)35-26-28-41-40-17-7-11-21-47(40)56-48(41)31-35)55-51(54-49)36-27-29-46-42(30-36)39-16-6-10-20-45(39)52(46)43-18-8-4-14-37(43)38-15-5-9-19-44(38)52/h1-31H. The van der Waals surface area contributed by atoms with Crippen molar-refractivity contribution >= 4 is 31.5 Å². The van der Waals surface area contributed by atoms with E-state index in [2.05, 4.69) is 170 Å². The predicted molar refractivity (Wildman–Crippen MR) is 231 cm³/mol. The molecule has 0 saturated carbocycles. The summed E-state index contributed by atoms with van der Waals surface area (Å²) in [4.78, 5) is 15.4. The van der Waals surface area contributed by atoms with Crippen molar-refractivity contribution in [3.05, 3.63) is 210 Å². The van der Waals surface area contributed by atoms with Crippen LogP contribution in [-0.4, -0.2) is 15.0 Å². The molecule has 0 unspecified atom stereocenters. The van der Waals surface area contributed by atoms with Crippen LogP contribution in [0, 0.1) is 0 Å². The van der Waals surface area contributed by atoms with E-state index < -0.39 is 0 Å². The van der Waals surface area contributed by atoms with E-state index in [-0.39, 0.29) is 5.41 Å². The molecule has 2 aromatic heterocycles. The van der Waals surface area contributed by atoms with Gasteiger partial charge in [-0.3, -0.25) is 0 Å². The third kappa shape index (κ3) is 4.48. The first kappa shape index (κ1) is 31.4. The SMILES string of the molecule is c1ccc(-c2nc(-c3ccc(-c4ccc5c(c4)sc4ccccc45)cc3)nc(-c3ccc4c(c3)-c3ccccc3C43c4ccccc4-c4ccccc43)n2)cc1. The van der Waals surface area contributed by atoms with E-state index in [0.29, 0.717) is 17.5 Å². The molecule has 0 aliphatic heterocycles. The second-order valence-electron chi connectivity index (χ2n) is 14.7. The van der Waals surface area contributed by atoms with Crippen molar-refractivity contribution in [1.82, 2.24) is 15.0 Å². The molecule has 2 aliphatic rings. The van der Waals surface area contributed by atoms with Crippen LogP contribution in [0.3, 0.4) is 0 Å². The third-order valence-corrected chi connectivity index (χ3v) is 12.9. The lowest BCUT2D eigenvalue weighted by Gasteiger charge is -2.30. The van der Waals surface area contributed by atoms with Gasteiger partial charge < -0.3 is 0 Å². The van der Waals surface area contributed by atoms with Crippen LogP contribution < -0.4 is 0 Å². The van der Waals surface area contributed by atoms with Crippen molar-refractivity contribution in [2.45, 2.75) is 5.41 Å². The van der Waals surface area contributed by atoms with Gasteiger partial charge in [-0.15, -0.1) is 11.3 Å². The summed E-state index contributed by atoms with van der Waals surface area (Å²) in [5.74, 6) is 1.96. The second-order valence-corrected chi connectivity index (χ2v) is 15.8. The molecule has 0 atom stereocenters. The molecule has 0 bridgehead atoms. The smallest absolute Gasteiger partial charge is 0.164 e. The first-order chi connectivity index (χ1) is 27.7. The lowest BCUT2D eigenvalue weighted by molar-refractivity contribution is 0.794. The maximum absolute atomic E-state index is 5.19. The van der Waals surface area contributed by atoms with Crippen molar-refractivity contribution in [3.8, 4) is 67.5 Å². The van der Waals surface area contributed by atoms with Gasteiger partial charge in [0.15, 0.2) is 17.5 Å². The summed E-state index contributed by atoms with van der Waals surface area (Å²) in [7, 11) is 0. The molecule has 0 amide bonds. The summed E-state index contributed by atoms with van der Waals surface area (Å²) in [5.41, 5.74) is 15.2. The number of fused-ring (bicyclic) bond motifs is 13. The van der Waals surface area contributed by atoms with E-state index in [0.717, 1.165) is 22.3 Å². The topological polar surface area (TPSA) is 38.7 Å². The van der Waals surface area contributed by atoms with Crippen LogP contribution in [0.1, 0.15) is 22.3 Å². The minimum atomic E-state index is -0.389. The molecule has 10 aromatic rings. The van der Waals surface area contributed by atoms with Crippen LogP contribution in [0.2, 0.25) is 0 Å². The van der Waals surface area contributed by atoms with E-state index in [9.17, 15) is 0 Å². The first-order valence-electron chi connectivity index (χ1n) is 19.0. The van der Waals surface area contributed by atoms with Crippen molar-refractivity contribution in [3.63, 3.8) is 0 Å². The fraction of sp³-hybridized carbons (Fsp3) is 0.0192. The minimum absolute atomic E-state index is 0.389. The fourth-order valence-corrected chi connectivity index (χ4v) is 10.5. The average Bonchev–Trinajstić information content (AvgIpc) is 3.90. The Bertz CT molecular complexity index is 3150. The summed E-state index contributed by atoms with van der Waals surface area (Å²) in [6, 6.07) is 67.8. The van der Waals surface area contributed by atoms with Gasteiger partial charge in [0.2, 0.25) is 0 Å². The number of aromatic nitrogens is 3. The van der Waals surface area contributed by atoms with Gasteiger partial charge in [-0.2, -0.15) is 0 Å². The third-order valence-electron chi connectivity index (χ3n) is 11.8. The average molecular weight is 730 g/mol. The monoisotopic (exact) mass is 729 g/mol. The van der Waals surface area contributed by atoms with E-state index in [1.165, 1.54) is 70.2 Å². The second kappa shape index (κ2) is 12.0. The van der Waals surface area contributed by atoms with Crippen molar-refractivity contribution < 1.29 is 0 Å². The number of rotatable bonds is 4. The van der Waals surface area contributed by atoms with E-state index in [1.807, 2.05) is 29.5 Å². The molecule has 56 heavy (non-hydrogen) atoms. The Morgan fingerprint density at radius 2 is 0.768 bits per heavy atom. The highest BCUT2D eigenvalue weighted by atomic mass is 32.1. The largest absolute Gasteiger partial charge is 0.208 e. The van der Waals surface area contributed by atoms with Crippen molar-refractivity contribution in [2.24, 2.45) is 0 Å². The maximum atomic E-state index is 5.19. The van der Waals surface area contributed by atoms with Gasteiger partial charge in [-0.05, 0) is 73.8 Å². The molecule has 0 N–H and O–H groups in total. The normalized spacial score (nSPS) is 13.1. The van der Waals surface area contributed by atoms with Gasteiger partial charge in [0, 0.05) is 36.9 Å². The molecule has 1 spiro atoms. The van der Waals surface area contributed by atoms with E-state index in [1.54, 1.807) is 0 Å². The summed E-state index contributed by atoms with van der Waals surface area (Å²) in [6.07, 6.45) is 0. The van der Waals surface area contributed by atoms with Crippen LogP contribution in [0.5, 0.6) is 0 Å². The number of nitrogens with zero attached hydrogens (tertiary/aromatic N) is 3. The Labute approximate surface area is 328 Å². The zero-order valence-corrected chi connectivity index (χ0v) is 31.0. The fourth-order valence-electron chi connectivity index (χ4n) is 9.31. The number of hydrogen-bond acceptors (Lipinski definition) is 4. The van der Waals surface area contributed by atoms with E-state index >= 15 is 0 Å². The number of benzene rings is 8. The maximum Gasteiger partial charge on any atom is 0.164 e. The number of hydrogen-bond donors (Lipinski definition) is 0. The van der Waals surface area contributed by atoms with E-state index in [4.69, 9.17) is 15.0 Å². The lowest BCUT2D eigenvalue weighted by atomic mass is 9.70. The molecule has 8 aromatic carbocycles. The quantitative estimate of drug-likeness (QED) is 0.181. The molecule has 4 heteroatoms. The van der Waals surface area contributed by atoms with Crippen molar-refractivity contribution in [2.75, 3.05) is 0 Å². The van der Waals surface area contributed by atoms with Gasteiger partial charge in [-0.1, -0.05) is 170 Å². The van der Waals surface area contributed by atoms with Crippen molar-refractivity contribution in [1.29, 1.82) is 0 Å². The highest BCUT2D eigenvalue weighted by Crippen LogP contribution is 2.62. The van der Waals surface area contributed by atoms with Crippen LogP contribution >= 0.6 is 11.3 Å². The van der Waals surface area contributed by atoms with Gasteiger partial charge in [0.25, 0.3) is 0 Å². The Kier molecular flexibility index (Phi) is 6.72. The molecule has 260 valence electrons. The minimum Gasteiger partial charge on any atom is -0.208 e. The van der Waals surface area contributed by atoms with Gasteiger partial charge in [0.1, 0.15) is 0 Å². The van der Waals surface area contributed by atoms with Gasteiger partial charge in [-0.25, -0.2) is 15.0 Å². The van der Waals surface area contributed by atoms with Crippen LogP contribution in [0.4, 0.5) is 0 Å². The van der Waals surface area contributed by atoms with Crippen LogP contribution in [0.25, 0.3) is 87.7 Å². The molecule has 0 saturated heterocycles. The Hall–Kier alpha value is -7.01. The molecule has 0 radical (unpaired) electrons. The van der Waals surface area contributed by atoms with Crippen LogP contribution in [-0.2, 0) is 5.41 Å². The zero-order chi connectivity index (χ0) is 36.8. The molecule has 2 heterocycles. The predicted octanol–water partition coefficient (Wildman–Crippen LogP) is 13.3. The number of thiophene rings is 1. The van der Waals surface area contributed by atoms with Gasteiger partial charge in [0.05, 0.1) is 5.41 Å². The van der Waals surface area contributed by atoms with Gasteiger partial charge >= 0.3 is 0 Å². The highest BCUT2D eigenvalue weighted by Gasteiger charge is 2.51. The molecule has 2 aliphatic carbocycles. The zero-order valence-electron chi connectivity index (χ0n) is 30.1. The molecule has 0 fully saturated rings. The first-order valence-corrected chi connectivity index (χ1v) is 19.8. The summed E-state index contributed by atoms with van der Waals surface area (Å²) < 4.78 is 2.61. The molecule has 12 rings (SSSR count). The Morgan fingerprint density at radius 1 is 0.304 bits per heavy atom. The summed E-state index contributed by atoms with van der Waals surface area (Å²) in [5, 5.41) is 2.62. The molecular formula is C52H31N3S. The van der Waals surface area contributed by atoms with Crippen LogP contribution in [0.15, 0.2) is 188 Å². The summed E-state index contributed by atoms with van der Waals surface area (Å²) >= 11 is 1.85. The lowest BCUT2D eigenvalue weighted by Crippen LogP contribution is -2.25. The molecule has 3 nitrogen and oxygen atoms in total. The molecular weight excluding hydrogens is 699 g/mol. The highest BCUT2D eigenvalue weighted by molar-refractivity contribution is 7.25. The summed E-state index contributed by atoms with van der Waals surface area (Å²) in [6.45, 7) is 0. The Morgan fingerprint density at radius 3 is 1.45 bits per heavy atom.